The van der Waals surface area contributed by atoms with E-state index in [1.165, 1.54) is 6.07 Å². The summed E-state index contributed by atoms with van der Waals surface area (Å²) in [6.07, 6.45) is 0.654. The Morgan fingerprint density at radius 1 is 1.10 bits per heavy atom. The molecule has 4 atom stereocenters. The van der Waals surface area contributed by atoms with Gasteiger partial charge in [-0.05, 0) is 96.7 Å². The molecular formula is C42H51F2N7O6S. The summed E-state index contributed by atoms with van der Waals surface area (Å²) in [4.78, 5) is 41.9. The molecule has 16 heteroatoms. The maximum Gasteiger partial charge on any atom is 0.412 e. The highest BCUT2D eigenvalue weighted by Crippen LogP contribution is 2.44. The summed E-state index contributed by atoms with van der Waals surface area (Å²) in [6.45, 7) is 12.8. The predicted molar refractivity (Wildman–Crippen MR) is 219 cm³/mol. The number of hydrogen-bond acceptors (Lipinski definition) is 12. The van der Waals surface area contributed by atoms with Gasteiger partial charge in [-0.1, -0.05) is 12.1 Å². The summed E-state index contributed by atoms with van der Waals surface area (Å²) in [5.74, 6) is 0.0196. The number of anilines is 2. The lowest BCUT2D eigenvalue weighted by Gasteiger charge is -2.35. The molecule has 2 amide bonds. The minimum atomic E-state index is -0.929. The molecule has 0 radical (unpaired) electrons. The van der Waals surface area contributed by atoms with Crippen molar-refractivity contribution < 1.29 is 37.3 Å². The lowest BCUT2D eigenvalue weighted by Crippen LogP contribution is -2.49. The summed E-state index contributed by atoms with van der Waals surface area (Å²) < 4.78 is 53.6. The lowest BCUT2D eigenvalue weighted by molar-refractivity contribution is 0.0136. The van der Waals surface area contributed by atoms with Crippen molar-refractivity contribution in [2.75, 3.05) is 57.2 Å². The Morgan fingerprint density at radius 3 is 2.57 bits per heavy atom. The monoisotopic (exact) mass is 819 g/mol. The highest BCUT2D eigenvalue weighted by Gasteiger charge is 2.49. The number of halogens is 2. The van der Waals surface area contributed by atoms with Gasteiger partial charge in [0, 0.05) is 44.4 Å². The maximum absolute atomic E-state index is 15.4. The van der Waals surface area contributed by atoms with E-state index in [1.807, 2.05) is 50.9 Å². The quantitative estimate of drug-likeness (QED) is 0.174. The summed E-state index contributed by atoms with van der Waals surface area (Å²) in [7, 11) is 3.52. The SMILES string of the molecule is COC[C@@H]1[C@H](N(C)c2nc(OC[C@@]34CCCN3C[C@H](F)C4)nc3cc(-c4ccc(F)c5sc(NC(=O)OC(C)(C)C)c(C#N)c45)ccc23)CCN1C(=O)OC(C)(C)C. The molecule has 0 unspecified atom stereocenters. The van der Waals surface area contributed by atoms with Gasteiger partial charge in [0.2, 0.25) is 0 Å². The van der Waals surface area contributed by atoms with Gasteiger partial charge in [-0.3, -0.25) is 10.2 Å². The molecule has 0 bridgehead atoms. The van der Waals surface area contributed by atoms with Crippen molar-refractivity contribution in [3.05, 3.63) is 41.7 Å². The van der Waals surface area contributed by atoms with Crippen LogP contribution in [0.25, 0.3) is 32.1 Å². The molecule has 7 rings (SSSR count). The molecule has 0 spiro atoms. The molecule has 3 fully saturated rings. The van der Waals surface area contributed by atoms with E-state index in [4.69, 9.17) is 28.9 Å². The Bertz CT molecular complexity index is 2270. The number of fused-ring (bicyclic) bond motifs is 3. The van der Waals surface area contributed by atoms with E-state index in [9.17, 15) is 19.2 Å². The number of rotatable bonds is 9. The first-order valence-corrected chi connectivity index (χ1v) is 20.4. The second kappa shape index (κ2) is 15.7. The summed E-state index contributed by atoms with van der Waals surface area (Å²) in [5.41, 5.74) is -0.0750. The standard InChI is InChI=1S/C42H51F2N7O6S/c1-40(2,3)56-38(52)48-36-28(20-45)33-26(12-13-29(44)34(33)58-36)24-10-11-27-30(18-24)46-37(55-23-42-15-9-16-50(42)21-25(43)19-42)47-35(27)49(7)31-14-17-51(32(31)22-54-8)39(53)57-41(4,5)6/h10-13,18,25,31-32H,9,14-17,19,21-23H2,1-8H3,(H,48,52)/t25-,31-,32-,42+/m1/s1. The van der Waals surface area contributed by atoms with Gasteiger partial charge in [-0.2, -0.15) is 15.2 Å². The molecule has 3 aliphatic rings. The first kappa shape index (κ1) is 41.3. The third-order valence-corrected chi connectivity index (χ3v) is 12.1. The van der Waals surface area contributed by atoms with Gasteiger partial charge in [0.15, 0.2) is 0 Å². The summed E-state index contributed by atoms with van der Waals surface area (Å²) in [6, 6.07) is 10.2. The molecule has 5 heterocycles. The second-order valence-corrected chi connectivity index (χ2v) is 18.5. The van der Waals surface area contributed by atoms with Crippen LogP contribution in [0.4, 0.5) is 29.2 Å². The Labute approximate surface area is 341 Å². The van der Waals surface area contributed by atoms with E-state index in [2.05, 4.69) is 16.3 Å². The van der Waals surface area contributed by atoms with E-state index in [1.54, 1.807) is 38.8 Å². The lowest BCUT2D eigenvalue weighted by atomic mass is 9.95. The number of likely N-dealkylation sites (N-methyl/N-ethyl adjacent to an activating group) is 1. The molecule has 2 aromatic carbocycles. The smallest absolute Gasteiger partial charge is 0.412 e. The zero-order chi connectivity index (χ0) is 41.7. The molecule has 3 aliphatic heterocycles. The van der Waals surface area contributed by atoms with Crippen LogP contribution in [0.3, 0.4) is 0 Å². The number of aromatic nitrogens is 2. The van der Waals surface area contributed by atoms with E-state index < -0.39 is 40.9 Å². The van der Waals surface area contributed by atoms with Gasteiger partial charge in [-0.15, -0.1) is 11.3 Å². The average molecular weight is 820 g/mol. The fourth-order valence-corrected chi connectivity index (χ4v) is 9.68. The number of amides is 2. The molecule has 310 valence electrons. The molecule has 58 heavy (non-hydrogen) atoms. The van der Waals surface area contributed by atoms with Crippen molar-refractivity contribution in [3.8, 4) is 23.2 Å². The second-order valence-electron chi connectivity index (χ2n) is 17.4. The number of nitrogens with zero attached hydrogens (tertiary/aromatic N) is 6. The number of carbonyl (C=O) groups is 2. The number of benzene rings is 2. The van der Waals surface area contributed by atoms with Crippen LogP contribution in [0.1, 0.15) is 72.8 Å². The summed E-state index contributed by atoms with van der Waals surface area (Å²) in [5, 5.41) is 14.2. The van der Waals surface area contributed by atoms with Crippen molar-refractivity contribution in [1.82, 2.24) is 19.8 Å². The van der Waals surface area contributed by atoms with Crippen LogP contribution < -0.4 is 15.0 Å². The van der Waals surface area contributed by atoms with Crippen molar-refractivity contribution in [2.45, 2.75) is 102 Å². The molecular weight excluding hydrogens is 769 g/mol. The number of alkyl halides is 1. The van der Waals surface area contributed by atoms with Gasteiger partial charge in [0.25, 0.3) is 0 Å². The number of carbonyl (C=O) groups excluding carboxylic acids is 2. The van der Waals surface area contributed by atoms with Gasteiger partial charge in [0.1, 0.15) is 46.7 Å². The number of ether oxygens (including phenoxy) is 4. The number of likely N-dealkylation sites (tertiary alicyclic amines) is 1. The largest absolute Gasteiger partial charge is 0.461 e. The summed E-state index contributed by atoms with van der Waals surface area (Å²) >= 11 is 0.960. The van der Waals surface area contributed by atoms with E-state index in [-0.39, 0.29) is 46.6 Å². The normalized spacial score (nSPS) is 22.3. The number of methoxy groups -OCH3 is 1. The molecule has 2 aromatic heterocycles. The molecule has 0 saturated carbocycles. The topological polar surface area (TPSA) is 142 Å². The van der Waals surface area contributed by atoms with E-state index in [0.717, 1.165) is 30.7 Å². The Kier molecular flexibility index (Phi) is 11.2. The molecule has 4 aromatic rings. The zero-order valence-electron chi connectivity index (χ0n) is 34.3. The van der Waals surface area contributed by atoms with E-state index in [0.29, 0.717) is 59.2 Å². The van der Waals surface area contributed by atoms with Gasteiger partial charge < -0.3 is 28.7 Å². The molecule has 13 nitrogen and oxygen atoms in total. The van der Waals surface area contributed by atoms with Crippen LogP contribution in [0.5, 0.6) is 6.01 Å². The third kappa shape index (κ3) is 8.21. The van der Waals surface area contributed by atoms with Crippen LogP contribution >= 0.6 is 11.3 Å². The Morgan fingerprint density at radius 2 is 1.86 bits per heavy atom. The first-order valence-electron chi connectivity index (χ1n) is 19.6. The highest BCUT2D eigenvalue weighted by atomic mass is 32.1. The third-order valence-electron chi connectivity index (χ3n) is 11.0. The van der Waals surface area contributed by atoms with Gasteiger partial charge >= 0.3 is 18.2 Å². The molecule has 0 aliphatic carbocycles. The number of thiophene rings is 1. The van der Waals surface area contributed by atoms with Crippen LogP contribution in [0.2, 0.25) is 0 Å². The minimum Gasteiger partial charge on any atom is -0.461 e. The highest BCUT2D eigenvalue weighted by molar-refractivity contribution is 7.23. The zero-order valence-corrected chi connectivity index (χ0v) is 35.1. The number of nitrogens with one attached hydrogen (secondary N) is 1. The molecule has 3 saturated heterocycles. The average Bonchev–Trinajstić information content (AvgIpc) is 3.90. The predicted octanol–water partition coefficient (Wildman–Crippen LogP) is 8.29. The fraction of sp³-hybridized carbons (Fsp3) is 0.548. The van der Waals surface area contributed by atoms with E-state index >= 15 is 4.39 Å². The van der Waals surface area contributed by atoms with Crippen molar-refractivity contribution >= 4 is 55.3 Å². The van der Waals surface area contributed by atoms with Crippen LogP contribution in [0, 0.1) is 17.1 Å². The van der Waals surface area contributed by atoms with Crippen LogP contribution in [0.15, 0.2) is 30.3 Å². The Hall–Kier alpha value is -4.85. The van der Waals surface area contributed by atoms with Crippen LogP contribution in [-0.2, 0) is 14.2 Å². The van der Waals surface area contributed by atoms with Crippen LogP contribution in [-0.4, -0.2) is 114 Å². The van der Waals surface area contributed by atoms with Crippen molar-refractivity contribution in [3.63, 3.8) is 0 Å². The van der Waals surface area contributed by atoms with Gasteiger partial charge in [-0.25, -0.2) is 18.4 Å². The van der Waals surface area contributed by atoms with Gasteiger partial charge in [0.05, 0.1) is 40.0 Å². The Balaban J connectivity index is 1.30. The fourth-order valence-electron chi connectivity index (χ4n) is 8.61. The van der Waals surface area contributed by atoms with Crippen molar-refractivity contribution in [2.24, 2.45) is 0 Å². The number of nitriles is 1. The number of hydrogen-bond donors (Lipinski definition) is 1. The minimum absolute atomic E-state index is 0.107. The first-order chi connectivity index (χ1) is 27.4. The maximum atomic E-state index is 15.4. The van der Waals surface area contributed by atoms with Crippen molar-refractivity contribution in [1.29, 1.82) is 5.26 Å². The molecule has 1 N–H and O–H groups in total.